The molecule has 1 saturated carbocycles. The highest BCUT2D eigenvalue weighted by atomic mass is 16.7. The second-order valence-corrected chi connectivity index (χ2v) is 14.5. The normalized spacial score (nSPS) is 39.2. The molecule has 12 heteroatoms. The summed E-state index contributed by atoms with van der Waals surface area (Å²) in [5.74, 6) is -2.19. The lowest BCUT2D eigenvalue weighted by Gasteiger charge is -2.46. The first-order valence-electron chi connectivity index (χ1n) is 17.1. The third-order valence-electron chi connectivity index (χ3n) is 10.7. The molecule has 272 valence electrons. The van der Waals surface area contributed by atoms with Gasteiger partial charge in [-0.3, -0.25) is 9.59 Å². The van der Waals surface area contributed by atoms with Gasteiger partial charge in [0.25, 0.3) is 0 Å². The summed E-state index contributed by atoms with van der Waals surface area (Å²) in [6.07, 6.45) is -6.51. The van der Waals surface area contributed by atoms with Crippen LogP contribution in [0.1, 0.15) is 67.7 Å². The van der Waals surface area contributed by atoms with Gasteiger partial charge < -0.3 is 48.8 Å². The van der Waals surface area contributed by atoms with Crippen molar-refractivity contribution < 1.29 is 58.4 Å². The van der Waals surface area contributed by atoms with Crippen molar-refractivity contribution in [2.24, 2.45) is 29.6 Å². The van der Waals surface area contributed by atoms with Crippen LogP contribution in [0.2, 0.25) is 0 Å². The molecule has 0 amide bonds. The minimum atomic E-state index is -1.60. The zero-order valence-corrected chi connectivity index (χ0v) is 29.6. The fourth-order valence-corrected chi connectivity index (χ4v) is 8.11. The van der Waals surface area contributed by atoms with Crippen molar-refractivity contribution in [3.63, 3.8) is 0 Å². The quantitative estimate of drug-likeness (QED) is 0.176. The van der Waals surface area contributed by atoms with Crippen LogP contribution < -0.4 is 0 Å². The number of esters is 2. The maximum Gasteiger partial charge on any atom is 0.303 e. The van der Waals surface area contributed by atoms with Gasteiger partial charge >= 0.3 is 11.9 Å². The van der Waals surface area contributed by atoms with Gasteiger partial charge in [-0.05, 0) is 57.4 Å². The second kappa shape index (κ2) is 15.8. The number of fused-ring (bicyclic) bond motifs is 2. The maximum atomic E-state index is 12.3. The van der Waals surface area contributed by atoms with Crippen LogP contribution in [0.25, 0.3) is 0 Å². The fraction of sp³-hybridized carbons (Fsp3) is 0.778. The summed E-state index contributed by atoms with van der Waals surface area (Å²) in [6, 6.07) is 0. The third-order valence-corrected chi connectivity index (χ3v) is 10.7. The third kappa shape index (κ3) is 8.07. The molecule has 1 aliphatic heterocycles. The Morgan fingerprint density at radius 3 is 2.33 bits per heavy atom. The van der Waals surface area contributed by atoms with E-state index in [1.165, 1.54) is 19.4 Å². The van der Waals surface area contributed by atoms with E-state index in [-0.39, 0.29) is 43.3 Å². The lowest BCUT2D eigenvalue weighted by molar-refractivity contribution is -0.320. The Kier molecular flexibility index (Phi) is 12.7. The first kappa shape index (κ1) is 38.6. The largest absolute Gasteiger partial charge is 0.465 e. The van der Waals surface area contributed by atoms with E-state index in [1.54, 1.807) is 27.0 Å². The fourth-order valence-electron chi connectivity index (χ4n) is 8.11. The summed E-state index contributed by atoms with van der Waals surface area (Å²) < 4.78 is 35.3. The van der Waals surface area contributed by atoms with Crippen LogP contribution in [0, 0.1) is 29.6 Å². The Bertz CT molecular complexity index is 1240. The van der Waals surface area contributed by atoms with Gasteiger partial charge in [0.05, 0.1) is 37.6 Å². The Balaban J connectivity index is 1.83. The number of aliphatic hydroxyl groups is 4. The minimum Gasteiger partial charge on any atom is -0.465 e. The number of aliphatic hydroxyl groups excluding tert-OH is 4. The van der Waals surface area contributed by atoms with E-state index in [0.717, 1.165) is 24.0 Å². The molecule has 0 bridgehead atoms. The number of carbonyl (C=O) groups excluding carboxylic acids is 2. The second-order valence-electron chi connectivity index (χ2n) is 14.5. The average Bonchev–Trinajstić information content (AvgIpc) is 3.60. The Morgan fingerprint density at radius 2 is 1.73 bits per heavy atom. The van der Waals surface area contributed by atoms with Gasteiger partial charge in [-0.15, -0.1) is 6.58 Å². The van der Waals surface area contributed by atoms with Crippen LogP contribution in [-0.4, -0.2) is 114 Å². The molecule has 3 aliphatic carbocycles. The van der Waals surface area contributed by atoms with E-state index < -0.39 is 72.5 Å². The van der Waals surface area contributed by atoms with Gasteiger partial charge in [-0.1, -0.05) is 36.6 Å². The molecule has 4 N–H and O–H groups in total. The monoisotopic (exact) mass is 680 g/mol. The van der Waals surface area contributed by atoms with Gasteiger partial charge in [0, 0.05) is 38.7 Å². The molecule has 0 aromatic heterocycles. The van der Waals surface area contributed by atoms with Crippen LogP contribution >= 0.6 is 0 Å². The van der Waals surface area contributed by atoms with Crippen LogP contribution in [0.5, 0.6) is 0 Å². The van der Waals surface area contributed by atoms with Gasteiger partial charge in [0.15, 0.2) is 12.4 Å². The van der Waals surface area contributed by atoms with E-state index in [9.17, 15) is 30.0 Å². The lowest BCUT2D eigenvalue weighted by atomic mass is 9.71. The first-order valence-corrected chi connectivity index (χ1v) is 17.1. The molecular formula is C36H56O12. The molecule has 4 rings (SSSR count). The summed E-state index contributed by atoms with van der Waals surface area (Å²) >= 11 is 0. The average molecular weight is 681 g/mol. The number of hydrogen-bond donors (Lipinski definition) is 4. The van der Waals surface area contributed by atoms with Gasteiger partial charge in [0.2, 0.25) is 0 Å². The highest BCUT2D eigenvalue weighted by Gasteiger charge is 2.54. The van der Waals surface area contributed by atoms with E-state index >= 15 is 0 Å². The lowest BCUT2D eigenvalue weighted by Crippen LogP contribution is -2.62. The molecular weight excluding hydrogens is 624 g/mol. The summed E-state index contributed by atoms with van der Waals surface area (Å²) in [5, 5.41) is 46.3. The summed E-state index contributed by atoms with van der Waals surface area (Å²) in [4.78, 5) is 24.0. The van der Waals surface area contributed by atoms with Gasteiger partial charge in [0.1, 0.15) is 24.4 Å². The minimum absolute atomic E-state index is 0.00578. The van der Waals surface area contributed by atoms with Gasteiger partial charge in [-0.2, -0.15) is 0 Å². The van der Waals surface area contributed by atoms with Crippen LogP contribution in [0.4, 0.5) is 0 Å². The zero-order valence-electron chi connectivity index (χ0n) is 29.6. The maximum absolute atomic E-state index is 12.3. The number of carbonyl (C=O) groups is 2. The highest BCUT2D eigenvalue weighted by molar-refractivity contribution is 5.66. The van der Waals surface area contributed by atoms with E-state index in [4.69, 9.17) is 28.4 Å². The summed E-state index contributed by atoms with van der Waals surface area (Å²) in [7, 11) is 1.67. The molecule has 4 aliphatic rings. The molecule has 0 radical (unpaired) electrons. The first-order chi connectivity index (χ1) is 22.5. The SMILES string of the molecule is C=CC(C)(C)OC[C@H]1O[C@H](O[C@@H]2C3=C([C@@H](C)COC(C)=O)C[C@H](O)[C@@H]3/C(C)=C3/[C@@H](COC)CC[C@H]3[C@@H](C)[C@H]2O)[C@H](OC(C)=O)[C@@H](O)[C@@H]1O. The predicted molar refractivity (Wildman–Crippen MR) is 174 cm³/mol. The van der Waals surface area contributed by atoms with Crippen molar-refractivity contribution in [2.75, 3.05) is 26.9 Å². The van der Waals surface area contributed by atoms with Crippen LogP contribution in [-0.2, 0) is 38.0 Å². The van der Waals surface area contributed by atoms with E-state index in [2.05, 4.69) is 6.58 Å². The Hall–Kier alpha value is -2.16. The topological polar surface area (TPSA) is 170 Å². The van der Waals surface area contributed by atoms with Gasteiger partial charge in [-0.25, -0.2) is 0 Å². The molecule has 0 spiro atoms. The summed E-state index contributed by atoms with van der Waals surface area (Å²) in [6.45, 7) is 16.2. The standard InChI is InChI=1S/C36H56O12/c1-10-36(7,8)45-16-26-31(41)32(42)34(46-21(6)38)35(47-26)48-33-29-24(17(2)14-44-20(5)37)13-25(39)28(29)19(4)27-22(15-43-9)11-12-23(27)18(3)30(33)40/h10,17-18,22-23,25-26,28,30-35,39-42H,1,11-16H2,2-9H3/b27-19-/t17-,18+,22+,23-,25-,26+,28-,30+,31+,32-,33+,34+,35+/m0/s1. The number of ether oxygens (including phenoxy) is 6. The molecule has 48 heavy (non-hydrogen) atoms. The zero-order chi connectivity index (χ0) is 35.7. The van der Waals surface area contributed by atoms with Crippen molar-refractivity contribution in [2.45, 2.75) is 122 Å². The molecule has 0 unspecified atom stereocenters. The highest BCUT2D eigenvalue weighted by Crippen LogP contribution is 2.53. The molecule has 0 aromatic rings. The van der Waals surface area contributed by atoms with Crippen molar-refractivity contribution in [3.8, 4) is 0 Å². The smallest absolute Gasteiger partial charge is 0.303 e. The Morgan fingerprint density at radius 1 is 1.04 bits per heavy atom. The number of methoxy groups -OCH3 is 1. The molecule has 1 heterocycles. The van der Waals surface area contributed by atoms with Crippen molar-refractivity contribution >= 4 is 11.9 Å². The van der Waals surface area contributed by atoms with Crippen molar-refractivity contribution in [1.82, 2.24) is 0 Å². The Labute approximate surface area is 284 Å². The van der Waals surface area contributed by atoms with Crippen LogP contribution in [0.3, 0.4) is 0 Å². The van der Waals surface area contributed by atoms with Crippen molar-refractivity contribution in [3.05, 3.63) is 34.9 Å². The molecule has 13 atom stereocenters. The van der Waals surface area contributed by atoms with E-state index in [1.807, 2.05) is 20.8 Å². The van der Waals surface area contributed by atoms with Crippen LogP contribution in [0.15, 0.2) is 34.9 Å². The molecule has 0 aromatic carbocycles. The molecule has 2 fully saturated rings. The molecule has 1 saturated heterocycles. The van der Waals surface area contributed by atoms with Crippen molar-refractivity contribution in [1.29, 1.82) is 0 Å². The predicted octanol–water partition coefficient (Wildman–Crippen LogP) is 2.61. The number of rotatable bonds is 12. The molecule has 12 nitrogen and oxygen atoms in total. The summed E-state index contributed by atoms with van der Waals surface area (Å²) in [5.41, 5.74) is 2.86. The number of hydrogen-bond acceptors (Lipinski definition) is 12. The van der Waals surface area contributed by atoms with E-state index in [0.29, 0.717) is 12.2 Å².